The van der Waals surface area contributed by atoms with E-state index in [9.17, 15) is 4.89 Å². The van der Waals surface area contributed by atoms with Crippen molar-refractivity contribution in [3.63, 3.8) is 0 Å². The zero-order valence-corrected chi connectivity index (χ0v) is 11.9. The van der Waals surface area contributed by atoms with Crippen LogP contribution in [0, 0.1) is 0 Å². The molecule has 0 spiro atoms. The predicted molar refractivity (Wildman–Crippen MR) is 68.5 cm³/mol. The Morgan fingerprint density at radius 1 is 1.44 bits per heavy atom. The first-order chi connectivity index (χ1) is 7.48. The second-order valence-corrected chi connectivity index (χ2v) is 10.5. The minimum absolute atomic E-state index is 0.112. The van der Waals surface area contributed by atoms with Gasteiger partial charge in [0.15, 0.2) is 0 Å². The zero-order chi connectivity index (χ0) is 12.1. The number of rotatable bonds is 6. The van der Waals surface area contributed by atoms with Crippen molar-refractivity contribution in [1.82, 2.24) is 5.32 Å². The first-order valence-corrected chi connectivity index (χ1v) is 9.52. The molecule has 1 fully saturated rings. The van der Waals surface area contributed by atoms with Gasteiger partial charge in [-0.1, -0.05) is 0 Å². The Morgan fingerprint density at radius 2 is 2.06 bits per heavy atom. The fourth-order valence-corrected chi connectivity index (χ4v) is 6.81. The second-order valence-electron chi connectivity index (χ2n) is 3.66. The van der Waals surface area contributed by atoms with E-state index in [1.54, 1.807) is 6.66 Å². The van der Waals surface area contributed by atoms with Gasteiger partial charge in [0, 0.05) is 0 Å². The molecule has 0 aromatic carbocycles. The van der Waals surface area contributed by atoms with Crippen LogP contribution in [0.4, 0.5) is 0 Å². The van der Waals surface area contributed by atoms with Gasteiger partial charge in [-0.25, -0.2) is 0 Å². The van der Waals surface area contributed by atoms with E-state index < -0.39 is 6.49 Å². The van der Waals surface area contributed by atoms with Crippen molar-refractivity contribution < 1.29 is 18.7 Å². The van der Waals surface area contributed by atoms with E-state index in [1.807, 2.05) is 13.8 Å². The molecule has 1 heterocycles. The monoisotopic (exact) mass is 271 g/mol. The average Bonchev–Trinajstić information content (AvgIpc) is 2.18. The fourth-order valence-electron chi connectivity index (χ4n) is 1.56. The summed E-state index contributed by atoms with van der Waals surface area (Å²) in [6.07, 6.45) is 0. The summed E-state index contributed by atoms with van der Waals surface area (Å²) in [6, 6.07) is 0. The summed E-state index contributed by atoms with van der Waals surface area (Å²) in [5.74, 6) is 0. The third kappa shape index (κ3) is 4.45. The van der Waals surface area contributed by atoms with Crippen molar-refractivity contribution in [2.45, 2.75) is 19.3 Å². The Labute approximate surface area is 101 Å². The molecule has 0 aromatic heterocycles. The number of morpholine rings is 1. The molecular formula is C9H22NO4PS. The van der Waals surface area contributed by atoms with Gasteiger partial charge in [-0.05, 0) is 0 Å². The van der Waals surface area contributed by atoms with E-state index >= 15 is 0 Å². The quantitative estimate of drug-likeness (QED) is 0.715. The van der Waals surface area contributed by atoms with Crippen molar-refractivity contribution in [3.8, 4) is 0 Å². The van der Waals surface area contributed by atoms with Crippen LogP contribution in [0.5, 0.6) is 0 Å². The van der Waals surface area contributed by atoms with Crippen LogP contribution in [-0.2, 0) is 13.8 Å². The molecule has 5 nitrogen and oxygen atoms in total. The Bertz CT molecular complexity index is 214. The second kappa shape index (κ2) is 5.96. The van der Waals surface area contributed by atoms with Crippen LogP contribution in [0.3, 0.4) is 0 Å². The molecule has 1 unspecified atom stereocenters. The van der Waals surface area contributed by atoms with Gasteiger partial charge in [-0.3, -0.25) is 0 Å². The zero-order valence-electron chi connectivity index (χ0n) is 10.1. The standard InChI is InChI=1S/C9H22NO4PS/c1-4-13-15(3,11,14-5-2)16-9-8-10-6-7-12-9/h9-11H,4-8H2,1-3H3. The summed E-state index contributed by atoms with van der Waals surface area (Å²) < 4.78 is 16.5. The summed E-state index contributed by atoms with van der Waals surface area (Å²) in [5.41, 5.74) is -0.112. The van der Waals surface area contributed by atoms with Crippen LogP contribution in [0.2, 0.25) is 0 Å². The van der Waals surface area contributed by atoms with Gasteiger partial charge >= 0.3 is 101 Å². The van der Waals surface area contributed by atoms with Gasteiger partial charge in [-0.2, -0.15) is 0 Å². The Morgan fingerprint density at radius 3 is 2.50 bits per heavy atom. The molecular weight excluding hydrogens is 249 g/mol. The Hall–Kier alpha value is 0.580. The molecule has 0 radical (unpaired) electrons. The van der Waals surface area contributed by atoms with Crippen molar-refractivity contribution in [3.05, 3.63) is 0 Å². The molecule has 1 rings (SSSR count). The fraction of sp³-hybridized carbons (Fsp3) is 1.00. The Balaban J connectivity index is 2.61. The molecule has 1 aliphatic rings. The van der Waals surface area contributed by atoms with E-state index in [0.29, 0.717) is 26.4 Å². The SMILES string of the molecule is CCOP(C)(O)(OCC)SC1CNCCO1. The van der Waals surface area contributed by atoms with E-state index in [-0.39, 0.29) is 5.44 Å². The molecule has 98 valence electrons. The molecule has 1 saturated heterocycles. The van der Waals surface area contributed by atoms with Crippen LogP contribution >= 0.6 is 17.9 Å². The Kier molecular flexibility index (Phi) is 5.45. The molecule has 16 heavy (non-hydrogen) atoms. The maximum absolute atomic E-state index is 10.6. The van der Waals surface area contributed by atoms with Gasteiger partial charge < -0.3 is 0 Å². The summed E-state index contributed by atoms with van der Waals surface area (Å²) in [6.45, 7) is 4.86. The van der Waals surface area contributed by atoms with Crippen molar-refractivity contribution >= 4 is 17.9 Å². The summed E-state index contributed by atoms with van der Waals surface area (Å²) in [4.78, 5) is 10.6. The molecule has 1 atom stereocenters. The first-order valence-electron chi connectivity index (χ1n) is 5.56. The molecule has 1 aliphatic heterocycles. The number of hydrogen-bond acceptors (Lipinski definition) is 6. The number of nitrogens with one attached hydrogen (secondary N) is 1. The third-order valence-electron chi connectivity index (χ3n) is 2.09. The van der Waals surface area contributed by atoms with Gasteiger partial charge in [0.25, 0.3) is 0 Å². The predicted octanol–water partition coefficient (Wildman–Crippen LogP) is 1.57. The van der Waals surface area contributed by atoms with Gasteiger partial charge in [0.2, 0.25) is 0 Å². The number of hydrogen-bond donors (Lipinski definition) is 2. The van der Waals surface area contributed by atoms with Crippen LogP contribution in [-0.4, -0.2) is 49.9 Å². The molecule has 2 N–H and O–H groups in total. The van der Waals surface area contributed by atoms with Crippen LogP contribution < -0.4 is 5.32 Å². The summed E-state index contributed by atoms with van der Waals surface area (Å²) >= 11 is 1.28. The summed E-state index contributed by atoms with van der Waals surface area (Å²) in [7, 11) is 0. The average molecular weight is 271 g/mol. The van der Waals surface area contributed by atoms with Gasteiger partial charge in [-0.15, -0.1) is 0 Å². The van der Waals surface area contributed by atoms with E-state index in [0.717, 1.165) is 6.54 Å². The molecule has 0 saturated carbocycles. The first kappa shape index (κ1) is 14.6. The van der Waals surface area contributed by atoms with Crippen molar-refractivity contribution in [2.24, 2.45) is 0 Å². The normalized spacial score (nSPS) is 25.0. The van der Waals surface area contributed by atoms with E-state index in [4.69, 9.17) is 13.8 Å². The van der Waals surface area contributed by atoms with Crippen molar-refractivity contribution in [1.29, 1.82) is 0 Å². The maximum atomic E-state index is 10.6. The molecule has 0 amide bonds. The number of ether oxygens (including phenoxy) is 1. The molecule has 7 heteroatoms. The molecule has 0 aliphatic carbocycles. The van der Waals surface area contributed by atoms with E-state index in [2.05, 4.69) is 5.32 Å². The molecule has 0 bridgehead atoms. The van der Waals surface area contributed by atoms with Gasteiger partial charge in [0.05, 0.1) is 0 Å². The topological polar surface area (TPSA) is 60.0 Å². The van der Waals surface area contributed by atoms with Crippen LogP contribution in [0.1, 0.15) is 13.8 Å². The van der Waals surface area contributed by atoms with E-state index in [1.165, 1.54) is 11.4 Å². The minimum atomic E-state index is -3.56. The molecule has 0 aromatic rings. The van der Waals surface area contributed by atoms with Crippen LogP contribution in [0.15, 0.2) is 0 Å². The third-order valence-corrected chi connectivity index (χ3v) is 7.56. The summed E-state index contributed by atoms with van der Waals surface area (Å²) in [5, 5.41) is 3.21. The van der Waals surface area contributed by atoms with Crippen LogP contribution in [0.25, 0.3) is 0 Å². The van der Waals surface area contributed by atoms with Crippen molar-refractivity contribution in [2.75, 3.05) is 39.6 Å². The van der Waals surface area contributed by atoms with Gasteiger partial charge in [0.1, 0.15) is 0 Å².